The van der Waals surface area contributed by atoms with Gasteiger partial charge in [-0.15, -0.1) is 0 Å². The Morgan fingerprint density at radius 2 is 1.85 bits per heavy atom. The summed E-state index contributed by atoms with van der Waals surface area (Å²) in [6.45, 7) is 7.21. The number of carbonyl (C=O) groups is 2. The van der Waals surface area contributed by atoms with Crippen LogP contribution in [-0.2, 0) is 23.8 Å². The summed E-state index contributed by atoms with van der Waals surface area (Å²) in [4.78, 5) is 23.0. The van der Waals surface area contributed by atoms with Gasteiger partial charge >= 0.3 is 11.9 Å². The maximum Gasteiger partial charge on any atom is 0.343 e. The lowest BCUT2D eigenvalue weighted by Crippen LogP contribution is -2.34. The van der Waals surface area contributed by atoms with Crippen LogP contribution in [0.2, 0.25) is 0 Å². The summed E-state index contributed by atoms with van der Waals surface area (Å²) in [7, 11) is 0. The van der Waals surface area contributed by atoms with Crippen molar-refractivity contribution in [2.45, 2.75) is 85.1 Å². The van der Waals surface area contributed by atoms with Gasteiger partial charge in [-0.2, -0.15) is 0 Å². The smallest absolute Gasteiger partial charge is 0.343 e. The van der Waals surface area contributed by atoms with E-state index < -0.39 is 18.4 Å². The van der Waals surface area contributed by atoms with Gasteiger partial charge in [-0.3, -0.25) is 4.79 Å². The van der Waals surface area contributed by atoms with Crippen molar-refractivity contribution in [2.75, 3.05) is 13.2 Å². The number of esters is 2. The summed E-state index contributed by atoms with van der Waals surface area (Å²) in [5.41, 5.74) is -0.153. The van der Waals surface area contributed by atoms with Crippen LogP contribution < -0.4 is 0 Å². The Morgan fingerprint density at radius 3 is 2.35 bits per heavy atom. The van der Waals surface area contributed by atoms with Crippen LogP contribution >= 0.6 is 0 Å². The minimum atomic E-state index is -1.66. The van der Waals surface area contributed by atoms with Crippen LogP contribution in [0.1, 0.15) is 72.6 Å². The van der Waals surface area contributed by atoms with Gasteiger partial charge in [0.25, 0.3) is 0 Å². The molecular formula is C20H33FO5. The van der Waals surface area contributed by atoms with E-state index in [1.54, 1.807) is 0 Å². The van der Waals surface area contributed by atoms with Crippen molar-refractivity contribution >= 4 is 11.9 Å². The van der Waals surface area contributed by atoms with Crippen molar-refractivity contribution in [3.63, 3.8) is 0 Å². The molecule has 5 nitrogen and oxygen atoms in total. The molecular weight excluding hydrogens is 339 g/mol. The fraction of sp³-hybridized carbons (Fsp3) is 0.900. The third-order valence-electron chi connectivity index (χ3n) is 5.47. The molecule has 26 heavy (non-hydrogen) atoms. The molecule has 0 heterocycles. The highest BCUT2D eigenvalue weighted by atomic mass is 19.1. The predicted octanol–water partition coefficient (Wildman–Crippen LogP) is 4.18. The van der Waals surface area contributed by atoms with Crippen LogP contribution in [0.5, 0.6) is 0 Å². The highest BCUT2D eigenvalue weighted by Gasteiger charge is 2.46. The van der Waals surface area contributed by atoms with Crippen molar-refractivity contribution in [1.82, 2.24) is 0 Å². The van der Waals surface area contributed by atoms with Gasteiger partial charge in [0.05, 0.1) is 6.61 Å². The maximum atomic E-state index is 14.2. The standard InChI is InChI=1S/C20H33FO5/c1-14(22)24-9-10-25-17(13-20-7-5-15(11-20)6-8-20)26-18(23)16(21)12-19(2,3)4/h15-17H,5-13H2,1-4H3. The molecule has 0 spiro atoms. The monoisotopic (exact) mass is 372 g/mol. The quantitative estimate of drug-likeness (QED) is 0.345. The minimum Gasteiger partial charge on any atom is -0.463 e. The summed E-state index contributed by atoms with van der Waals surface area (Å²) in [5.74, 6) is -0.479. The first-order valence-electron chi connectivity index (χ1n) is 9.68. The Kier molecular flexibility index (Phi) is 7.05. The second kappa shape index (κ2) is 8.68. The third kappa shape index (κ3) is 6.53. The second-order valence-electron chi connectivity index (χ2n) is 9.16. The molecule has 0 N–H and O–H groups in total. The first-order valence-corrected chi connectivity index (χ1v) is 9.68. The topological polar surface area (TPSA) is 61.8 Å². The van der Waals surface area contributed by atoms with Crippen LogP contribution in [0.25, 0.3) is 0 Å². The van der Waals surface area contributed by atoms with E-state index >= 15 is 0 Å². The molecule has 2 saturated carbocycles. The van der Waals surface area contributed by atoms with Gasteiger partial charge in [-0.05, 0) is 55.3 Å². The Bertz CT molecular complexity index is 491. The van der Waals surface area contributed by atoms with E-state index in [1.807, 2.05) is 20.8 Å². The van der Waals surface area contributed by atoms with Gasteiger partial charge in [0.1, 0.15) is 6.61 Å². The molecule has 0 aromatic heterocycles. The lowest BCUT2D eigenvalue weighted by molar-refractivity contribution is -0.195. The molecule has 2 fully saturated rings. The lowest BCUT2D eigenvalue weighted by atomic mass is 9.81. The van der Waals surface area contributed by atoms with Crippen LogP contribution in [0.4, 0.5) is 4.39 Å². The molecule has 0 aliphatic heterocycles. The van der Waals surface area contributed by atoms with Gasteiger partial charge in [-0.25, -0.2) is 9.18 Å². The van der Waals surface area contributed by atoms with Crippen LogP contribution in [-0.4, -0.2) is 37.6 Å². The molecule has 0 aromatic rings. The van der Waals surface area contributed by atoms with Gasteiger partial charge in [0.15, 0.2) is 6.17 Å². The number of ether oxygens (including phenoxy) is 3. The lowest BCUT2D eigenvalue weighted by Gasteiger charge is -2.31. The highest BCUT2D eigenvalue weighted by molar-refractivity contribution is 5.74. The Labute approximate surface area is 155 Å². The van der Waals surface area contributed by atoms with Gasteiger partial charge in [0, 0.05) is 13.3 Å². The molecule has 2 bridgehead atoms. The molecule has 0 aromatic carbocycles. The van der Waals surface area contributed by atoms with E-state index in [1.165, 1.54) is 19.8 Å². The molecule has 0 amide bonds. The summed E-state index contributed by atoms with van der Waals surface area (Å²) in [5, 5.41) is 0. The molecule has 0 radical (unpaired) electrons. The average molecular weight is 372 g/mol. The van der Waals surface area contributed by atoms with Gasteiger partial charge in [0.2, 0.25) is 6.29 Å². The number of alkyl halides is 1. The molecule has 2 atom stereocenters. The van der Waals surface area contributed by atoms with Crippen molar-refractivity contribution < 1.29 is 28.2 Å². The summed E-state index contributed by atoms with van der Waals surface area (Å²) in [6.07, 6.45) is 4.04. The number of fused-ring (bicyclic) bond motifs is 2. The zero-order valence-electron chi connectivity index (χ0n) is 16.5. The van der Waals surface area contributed by atoms with Crippen molar-refractivity contribution in [1.29, 1.82) is 0 Å². The SMILES string of the molecule is CC(=O)OCCOC(CC12CCC(CC1)C2)OC(=O)C(F)CC(C)(C)C. The van der Waals surface area contributed by atoms with E-state index in [-0.39, 0.29) is 36.4 Å². The van der Waals surface area contributed by atoms with Crippen molar-refractivity contribution in [2.24, 2.45) is 16.7 Å². The molecule has 2 aliphatic carbocycles. The largest absolute Gasteiger partial charge is 0.463 e. The summed E-state index contributed by atoms with van der Waals surface area (Å²) >= 11 is 0. The molecule has 6 heteroatoms. The first-order chi connectivity index (χ1) is 12.1. The molecule has 150 valence electrons. The van der Waals surface area contributed by atoms with E-state index in [2.05, 4.69) is 0 Å². The fourth-order valence-corrected chi connectivity index (χ4v) is 4.28. The number of halogens is 1. The highest BCUT2D eigenvalue weighted by Crippen LogP contribution is 2.56. The van der Waals surface area contributed by atoms with E-state index in [9.17, 15) is 14.0 Å². The van der Waals surface area contributed by atoms with Crippen LogP contribution in [0.3, 0.4) is 0 Å². The number of hydrogen-bond acceptors (Lipinski definition) is 5. The first kappa shape index (κ1) is 21.1. The Morgan fingerprint density at radius 1 is 1.19 bits per heavy atom. The molecule has 2 aliphatic rings. The number of hydrogen-bond donors (Lipinski definition) is 0. The fourth-order valence-electron chi connectivity index (χ4n) is 4.28. The van der Waals surface area contributed by atoms with E-state index in [0.717, 1.165) is 25.2 Å². The normalized spacial score (nSPS) is 27.2. The third-order valence-corrected chi connectivity index (χ3v) is 5.47. The molecule has 2 rings (SSSR count). The maximum absolute atomic E-state index is 14.2. The van der Waals surface area contributed by atoms with E-state index in [0.29, 0.717) is 6.42 Å². The van der Waals surface area contributed by atoms with Gasteiger partial charge in [-0.1, -0.05) is 20.8 Å². The minimum absolute atomic E-state index is 0.0973. The molecule has 2 unspecified atom stereocenters. The zero-order valence-corrected chi connectivity index (χ0v) is 16.5. The molecule has 0 saturated heterocycles. The van der Waals surface area contributed by atoms with Crippen LogP contribution in [0.15, 0.2) is 0 Å². The van der Waals surface area contributed by atoms with Crippen molar-refractivity contribution in [3.8, 4) is 0 Å². The predicted molar refractivity (Wildman–Crippen MR) is 95.1 cm³/mol. The van der Waals surface area contributed by atoms with Crippen molar-refractivity contribution in [3.05, 3.63) is 0 Å². The number of rotatable bonds is 9. The Hall–Kier alpha value is -1.17. The second-order valence-corrected chi connectivity index (χ2v) is 9.16. The summed E-state index contributed by atoms with van der Waals surface area (Å²) < 4.78 is 30.2. The Balaban J connectivity index is 1.91. The zero-order chi connectivity index (χ0) is 19.4. The summed E-state index contributed by atoms with van der Waals surface area (Å²) in [6, 6.07) is 0. The van der Waals surface area contributed by atoms with Gasteiger partial charge < -0.3 is 14.2 Å². The number of carbonyl (C=O) groups excluding carboxylic acids is 2. The van der Waals surface area contributed by atoms with Crippen LogP contribution in [0, 0.1) is 16.7 Å². The average Bonchev–Trinajstić information content (AvgIpc) is 3.09. The van der Waals surface area contributed by atoms with E-state index in [4.69, 9.17) is 14.2 Å².